The molecule has 0 atom stereocenters. The minimum Gasteiger partial charge on any atom is -0.368 e. The summed E-state index contributed by atoms with van der Waals surface area (Å²) in [4.78, 5) is 40.5. The summed E-state index contributed by atoms with van der Waals surface area (Å²) in [6, 6.07) is 18.7. The van der Waals surface area contributed by atoms with Crippen LogP contribution in [-0.4, -0.2) is 51.3 Å². The van der Waals surface area contributed by atoms with Gasteiger partial charge in [0.1, 0.15) is 24.3 Å². The van der Waals surface area contributed by atoms with Crippen LogP contribution in [0.15, 0.2) is 67.1 Å². The van der Waals surface area contributed by atoms with E-state index in [2.05, 4.69) is 21.0 Å². The summed E-state index contributed by atoms with van der Waals surface area (Å²) < 4.78 is 0. The van der Waals surface area contributed by atoms with E-state index in [4.69, 9.17) is 17.3 Å². The van der Waals surface area contributed by atoms with Crippen LogP contribution >= 0.6 is 11.6 Å². The number of H-pyrrole nitrogens is 1. The Morgan fingerprint density at radius 2 is 1.92 bits per heavy atom. The van der Waals surface area contributed by atoms with Crippen molar-refractivity contribution >= 4 is 46.0 Å². The molecular formula is C27H24ClN7O2. The van der Waals surface area contributed by atoms with E-state index in [1.165, 1.54) is 6.33 Å². The van der Waals surface area contributed by atoms with Crippen molar-refractivity contribution in [2.75, 3.05) is 24.5 Å². The van der Waals surface area contributed by atoms with E-state index in [1.807, 2.05) is 24.3 Å². The first kappa shape index (κ1) is 24.3. The van der Waals surface area contributed by atoms with Crippen LogP contribution in [0.25, 0.3) is 11.0 Å². The van der Waals surface area contributed by atoms with Crippen molar-refractivity contribution in [1.82, 2.24) is 19.9 Å². The Morgan fingerprint density at radius 3 is 2.65 bits per heavy atom. The van der Waals surface area contributed by atoms with Gasteiger partial charge in [0.25, 0.3) is 5.91 Å². The molecule has 2 aromatic carbocycles. The Labute approximate surface area is 218 Å². The minimum absolute atomic E-state index is 0.124. The van der Waals surface area contributed by atoms with Crippen molar-refractivity contribution in [3.05, 3.63) is 83.3 Å². The molecule has 0 radical (unpaired) electrons. The maximum Gasteiger partial charge on any atom is 0.253 e. The van der Waals surface area contributed by atoms with Crippen LogP contribution in [0.4, 0.5) is 11.5 Å². The minimum atomic E-state index is -0.732. The van der Waals surface area contributed by atoms with E-state index in [0.29, 0.717) is 53.7 Å². The summed E-state index contributed by atoms with van der Waals surface area (Å²) in [5, 5.41) is 11.3. The van der Waals surface area contributed by atoms with E-state index < -0.39 is 11.3 Å². The fourth-order valence-electron chi connectivity index (χ4n) is 4.89. The fourth-order valence-corrected chi connectivity index (χ4v) is 5.21. The van der Waals surface area contributed by atoms with Gasteiger partial charge in [-0.3, -0.25) is 9.59 Å². The van der Waals surface area contributed by atoms with Crippen molar-refractivity contribution in [2.45, 2.75) is 18.3 Å². The number of fused-ring (bicyclic) bond motifs is 1. The number of hydrogen-bond acceptors (Lipinski definition) is 6. The highest BCUT2D eigenvalue weighted by Crippen LogP contribution is 2.39. The molecule has 4 aromatic rings. The zero-order chi connectivity index (χ0) is 26.0. The van der Waals surface area contributed by atoms with Crippen molar-refractivity contribution < 1.29 is 9.59 Å². The fraction of sp³-hybridized carbons (Fsp3) is 0.222. The van der Waals surface area contributed by atoms with E-state index in [1.54, 1.807) is 46.3 Å². The number of aromatic nitrogens is 3. The Kier molecular flexibility index (Phi) is 6.51. The third-order valence-electron chi connectivity index (χ3n) is 6.81. The lowest BCUT2D eigenvalue weighted by Gasteiger charge is -2.38. The van der Waals surface area contributed by atoms with Gasteiger partial charge in [-0.15, -0.1) is 0 Å². The van der Waals surface area contributed by atoms with Crippen molar-refractivity contribution in [3.8, 4) is 6.07 Å². The topological polar surface area (TPSA) is 132 Å². The maximum atomic E-state index is 13.5. The summed E-state index contributed by atoms with van der Waals surface area (Å²) in [6.07, 6.45) is 4.12. The molecule has 0 bridgehead atoms. The van der Waals surface area contributed by atoms with Crippen LogP contribution in [0.1, 0.15) is 28.8 Å². The molecule has 3 heterocycles. The average Bonchev–Trinajstić information content (AvgIpc) is 3.41. The normalized spacial score (nSPS) is 14.8. The van der Waals surface area contributed by atoms with Crippen molar-refractivity contribution in [2.24, 2.45) is 5.73 Å². The molecule has 2 aromatic heterocycles. The van der Waals surface area contributed by atoms with Crippen LogP contribution in [-0.2, 0) is 10.2 Å². The Bertz CT molecular complexity index is 1520. The molecule has 1 saturated heterocycles. The van der Waals surface area contributed by atoms with Gasteiger partial charge in [-0.05, 0) is 48.7 Å². The molecule has 1 aliphatic heterocycles. The third kappa shape index (κ3) is 4.59. The Hall–Kier alpha value is -4.42. The van der Waals surface area contributed by atoms with Gasteiger partial charge in [-0.2, -0.15) is 5.26 Å². The first-order chi connectivity index (χ1) is 17.9. The van der Waals surface area contributed by atoms with Gasteiger partial charge in [-0.1, -0.05) is 35.9 Å². The molecule has 0 spiro atoms. The predicted octanol–water partition coefficient (Wildman–Crippen LogP) is 3.93. The van der Waals surface area contributed by atoms with Crippen LogP contribution in [0.5, 0.6) is 0 Å². The van der Waals surface area contributed by atoms with E-state index in [9.17, 15) is 14.9 Å². The molecule has 0 aliphatic carbocycles. The monoisotopic (exact) mass is 513 g/mol. The second kappa shape index (κ2) is 9.91. The first-order valence-corrected chi connectivity index (χ1v) is 12.2. The lowest BCUT2D eigenvalue weighted by atomic mass is 9.74. The number of amides is 2. The summed E-state index contributed by atoms with van der Waals surface area (Å²) in [5.74, 6) is -0.185. The smallest absolute Gasteiger partial charge is 0.253 e. The lowest BCUT2D eigenvalue weighted by molar-refractivity contribution is -0.116. The molecule has 37 heavy (non-hydrogen) atoms. The van der Waals surface area contributed by atoms with Gasteiger partial charge in [0, 0.05) is 35.6 Å². The number of benzene rings is 2. The SMILES string of the molecule is N#CC1(c2ccccc2Cl)CCN(C(=O)c2cccc(N(CC(N)=O)c3ncnc4[nH]ccc34)c2)CC1. The highest BCUT2D eigenvalue weighted by atomic mass is 35.5. The molecule has 5 rings (SSSR count). The largest absolute Gasteiger partial charge is 0.368 e. The summed E-state index contributed by atoms with van der Waals surface area (Å²) >= 11 is 6.40. The number of aromatic amines is 1. The molecule has 2 amide bonds. The van der Waals surface area contributed by atoms with E-state index >= 15 is 0 Å². The van der Waals surface area contributed by atoms with Gasteiger partial charge >= 0.3 is 0 Å². The molecule has 0 saturated carbocycles. The van der Waals surface area contributed by atoms with Crippen LogP contribution in [0.2, 0.25) is 5.02 Å². The van der Waals surface area contributed by atoms with Gasteiger partial charge in [0.05, 0.1) is 16.9 Å². The van der Waals surface area contributed by atoms with Gasteiger partial charge < -0.3 is 20.5 Å². The summed E-state index contributed by atoms with van der Waals surface area (Å²) in [7, 11) is 0. The van der Waals surface area contributed by atoms with E-state index in [-0.39, 0.29) is 12.5 Å². The maximum absolute atomic E-state index is 13.5. The second-order valence-electron chi connectivity index (χ2n) is 9.01. The molecule has 186 valence electrons. The van der Waals surface area contributed by atoms with Crippen LogP contribution in [0, 0.1) is 11.3 Å². The quantitative estimate of drug-likeness (QED) is 0.401. The van der Waals surface area contributed by atoms with Gasteiger partial charge in [0.2, 0.25) is 5.91 Å². The highest BCUT2D eigenvalue weighted by Gasteiger charge is 2.39. The summed E-state index contributed by atoms with van der Waals surface area (Å²) in [5.41, 5.74) is 7.32. The zero-order valence-corrected chi connectivity index (χ0v) is 20.7. The zero-order valence-electron chi connectivity index (χ0n) is 19.9. The number of rotatable bonds is 6. The number of nitriles is 1. The molecule has 9 nitrogen and oxygen atoms in total. The number of halogens is 1. The van der Waals surface area contributed by atoms with Crippen LogP contribution < -0.4 is 10.6 Å². The second-order valence-corrected chi connectivity index (χ2v) is 9.41. The number of primary amides is 1. The highest BCUT2D eigenvalue weighted by molar-refractivity contribution is 6.31. The Balaban J connectivity index is 1.40. The molecule has 3 N–H and O–H groups in total. The predicted molar refractivity (Wildman–Crippen MR) is 140 cm³/mol. The lowest BCUT2D eigenvalue weighted by Crippen LogP contribution is -2.44. The average molecular weight is 514 g/mol. The van der Waals surface area contributed by atoms with E-state index in [0.717, 1.165) is 10.9 Å². The number of piperidine rings is 1. The number of anilines is 2. The number of carbonyl (C=O) groups excluding carboxylic acids is 2. The molecule has 1 aliphatic rings. The number of nitrogens with two attached hydrogens (primary N) is 1. The van der Waals surface area contributed by atoms with Crippen molar-refractivity contribution in [3.63, 3.8) is 0 Å². The van der Waals surface area contributed by atoms with Gasteiger partial charge in [0.15, 0.2) is 0 Å². The first-order valence-electron chi connectivity index (χ1n) is 11.8. The van der Waals surface area contributed by atoms with Crippen molar-refractivity contribution in [1.29, 1.82) is 5.26 Å². The number of nitrogens with one attached hydrogen (secondary N) is 1. The standard InChI is InChI=1S/C27H24ClN7O2/c28-22-7-2-1-6-21(22)27(16-29)9-12-34(13-10-27)26(37)18-4-3-5-19(14-18)35(15-23(30)36)25-20-8-11-31-24(20)32-17-33-25/h1-8,11,14,17H,9-10,12-13,15H2,(H2,30,36)(H,31,32,33). The molecule has 10 heteroatoms. The number of nitrogens with zero attached hydrogens (tertiary/aromatic N) is 5. The Morgan fingerprint density at radius 1 is 1.14 bits per heavy atom. The number of hydrogen-bond donors (Lipinski definition) is 2. The molecule has 0 unspecified atom stereocenters. The number of likely N-dealkylation sites (tertiary alicyclic amines) is 1. The van der Waals surface area contributed by atoms with Crippen LogP contribution in [0.3, 0.4) is 0 Å². The third-order valence-corrected chi connectivity index (χ3v) is 7.14. The number of carbonyl (C=O) groups is 2. The molecule has 1 fully saturated rings. The summed E-state index contributed by atoms with van der Waals surface area (Å²) in [6.45, 7) is 0.715. The molecular weight excluding hydrogens is 490 g/mol. The van der Waals surface area contributed by atoms with Gasteiger partial charge in [-0.25, -0.2) is 9.97 Å².